The van der Waals surface area contributed by atoms with E-state index in [2.05, 4.69) is 0 Å². The number of halogens is 3. The molecule has 1 heterocycles. The SMILES string of the molecule is CC1(C)c2cccc(C(N)=O)c2CN1C(=O)c1ccc(C(F)(F)F)cc1. The number of benzene rings is 2. The first-order valence-electron chi connectivity index (χ1n) is 7.95. The molecule has 0 unspecified atom stereocenters. The molecular formula is C19H17F3N2O2. The van der Waals surface area contributed by atoms with E-state index in [-0.39, 0.29) is 12.1 Å². The van der Waals surface area contributed by atoms with Crippen LogP contribution in [0.15, 0.2) is 42.5 Å². The van der Waals surface area contributed by atoms with E-state index in [4.69, 9.17) is 5.73 Å². The summed E-state index contributed by atoms with van der Waals surface area (Å²) in [6, 6.07) is 9.23. The van der Waals surface area contributed by atoms with Gasteiger partial charge < -0.3 is 10.6 Å². The Morgan fingerprint density at radius 1 is 1.08 bits per heavy atom. The Hall–Kier alpha value is -2.83. The van der Waals surface area contributed by atoms with Crippen LogP contribution < -0.4 is 5.73 Å². The lowest BCUT2D eigenvalue weighted by Gasteiger charge is -2.32. The minimum absolute atomic E-state index is 0.152. The molecule has 2 aromatic carbocycles. The molecule has 2 amide bonds. The number of primary amides is 1. The first-order valence-corrected chi connectivity index (χ1v) is 7.95. The van der Waals surface area contributed by atoms with Crippen LogP contribution in [0.25, 0.3) is 0 Å². The Balaban J connectivity index is 1.96. The molecule has 4 nitrogen and oxygen atoms in total. The maximum absolute atomic E-state index is 12.9. The second-order valence-electron chi connectivity index (χ2n) is 6.72. The third-order valence-corrected chi connectivity index (χ3v) is 4.80. The molecule has 0 radical (unpaired) electrons. The van der Waals surface area contributed by atoms with Gasteiger partial charge in [0, 0.05) is 17.7 Å². The van der Waals surface area contributed by atoms with Crippen molar-refractivity contribution in [3.63, 3.8) is 0 Å². The van der Waals surface area contributed by atoms with Crippen LogP contribution in [0.2, 0.25) is 0 Å². The van der Waals surface area contributed by atoms with E-state index >= 15 is 0 Å². The third kappa shape index (κ3) is 2.83. The molecule has 0 aromatic heterocycles. The highest BCUT2D eigenvalue weighted by molar-refractivity contribution is 5.98. The molecule has 0 bridgehead atoms. The highest BCUT2D eigenvalue weighted by Crippen LogP contribution is 2.41. The van der Waals surface area contributed by atoms with Crippen LogP contribution in [0.5, 0.6) is 0 Å². The van der Waals surface area contributed by atoms with Crippen LogP contribution in [0.1, 0.15) is 51.3 Å². The average Bonchev–Trinajstić information content (AvgIpc) is 2.84. The molecule has 26 heavy (non-hydrogen) atoms. The zero-order chi connectivity index (χ0) is 19.3. The summed E-state index contributed by atoms with van der Waals surface area (Å²) < 4.78 is 38.1. The summed E-state index contributed by atoms with van der Waals surface area (Å²) in [7, 11) is 0. The monoisotopic (exact) mass is 362 g/mol. The van der Waals surface area contributed by atoms with Crippen molar-refractivity contribution in [2.24, 2.45) is 5.73 Å². The Morgan fingerprint density at radius 3 is 2.23 bits per heavy atom. The third-order valence-electron chi connectivity index (χ3n) is 4.80. The van der Waals surface area contributed by atoms with Crippen LogP contribution in [0, 0.1) is 0 Å². The molecule has 3 rings (SSSR count). The maximum Gasteiger partial charge on any atom is 0.416 e. The van der Waals surface area contributed by atoms with Crippen LogP contribution in [0.4, 0.5) is 13.2 Å². The van der Waals surface area contributed by atoms with E-state index in [1.165, 1.54) is 17.0 Å². The van der Waals surface area contributed by atoms with E-state index in [0.29, 0.717) is 11.1 Å². The molecule has 1 aliphatic rings. The Morgan fingerprint density at radius 2 is 1.69 bits per heavy atom. The number of nitrogens with two attached hydrogens (primary N) is 1. The highest BCUT2D eigenvalue weighted by atomic mass is 19.4. The fourth-order valence-corrected chi connectivity index (χ4v) is 3.35. The zero-order valence-corrected chi connectivity index (χ0v) is 14.2. The minimum Gasteiger partial charge on any atom is -0.366 e. The molecule has 0 spiro atoms. The minimum atomic E-state index is -4.46. The van der Waals surface area contributed by atoms with Gasteiger partial charge in [-0.1, -0.05) is 12.1 Å². The van der Waals surface area contributed by atoms with Crippen molar-refractivity contribution < 1.29 is 22.8 Å². The van der Waals surface area contributed by atoms with Gasteiger partial charge in [0.1, 0.15) is 0 Å². The number of amides is 2. The normalized spacial score (nSPS) is 15.7. The fraction of sp³-hybridized carbons (Fsp3) is 0.263. The standard InChI is InChI=1S/C19H17F3N2O2/c1-18(2)15-5-3-4-13(16(23)25)14(15)10-24(18)17(26)11-6-8-12(9-7-11)19(20,21)22/h3-9H,10H2,1-2H3,(H2,23,25). The summed E-state index contributed by atoms with van der Waals surface area (Å²) in [5, 5.41) is 0. The number of carbonyl (C=O) groups excluding carboxylic acids is 2. The molecule has 2 N–H and O–H groups in total. The van der Waals surface area contributed by atoms with Gasteiger partial charge in [-0.15, -0.1) is 0 Å². The van der Waals surface area contributed by atoms with Crippen LogP contribution >= 0.6 is 0 Å². The lowest BCUT2D eigenvalue weighted by atomic mass is 9.91. The van der Waals surface area contributed by atoms with Crippen molar-refractivity contribution in [1.29, 1.82) is 0 Å². The number of carbonyl (C=O) groups is 2. The molecule has 0 atom stereocenters. The summed E-state index contributed by atoms with van der Waals surface area (Å²) in [6.07, 6.45) is -4.46. The summed E-state index contributed by atoms with van der Waals surface area (Å²) in [4.78, 5) is 26.1. The first kappa shape index (κ1) is 18.0. The summed E-state index contributed by atoms with van der Waals surface area (Å²) in [6.45, 7) is 3.82. The van der Waals surface area contributed by atoms with Gasteiger partial charge in [-0.25, -0.2) is 0 Å². The average molecular weight is 362 g/mol. The van der Waals surface area contributed by atoms with Crippen LogP contribution in [-0.2, 0) is 18.3 Å². The molecule has 136 valence electrons. The van der Waals surface area contributed by atoms with Crippen LogP contribution in [-0.4, -0.2) is 16.7 Å². The number of hydrogen-bond donors (Lipinski definition) is 1. The quantitative estimate of drug-likeness (QED) is 0.885. The summed E-state index contributed by atoms with van der Waals surface area (Å²) in [5.41, 5.74) is 5.85. The number of rotatable bonds is 2. The fourth-order valence-electron chi connectivity index (χ4n) is 3.35. The number of fused-ring (bicyclic) bond motifs is 1. The van der Waals surface area contributed by atoms with Gasteiger partial charge in [0.15, 0.2) is 0 Å². The molecule has 0 aliphatic carbocycles. The maximum atomic E-state index is 12.9. The lowest BCUT2D eigenvalue weighted by molar-refractivity contribution is -0.137. The highest BCUT2D eigenvalue weighted by Gasteiger charge is 2.42. The molecule has 0 fully saturated rings. The van der Waals surface area contributed by atoms with Crippen molar-refractivity contribution in [3.05, 3.63) is 70.3 Å². The van der Waals surface area contributed by atoms with Gasteiger partial charge in [0.25, 0.3) is 5.91 Å². The molecule has 0 saturated heterocycles. The second kappa shape index (κ2) is 5.86. The van der Waals surface area contributed by atoms with Crippen molar-refractivity contribution in [2.75, 3.05) is 0 Å². The van der Waals surface area contributed by atoms with E-state index in [0.717, 1.165) is 17.7 Å². The number of alkyl halides is 3. The van der Waals surface area contributed by atoms with E-state index < -0.39 is 29.1 Å². The van der Waals surface area contributed by atoms with Crippen molar-refractivity contribution >= 4 is 11.8 Å². The van der Waals surface area contributed by atoms with Gasteiger partial charge in [0.2, 0.25) is 5.91 Å². The number of hydrogen-bond acceptors (Lipinski definition) is 2. The summed E-state index contributed by atoms with van der Waals surface area (Å²) in [5.74, 6) is -0.989. The Kier molecular flexibility index (Phi) is 4.05. The molecule has 1 aliphatic heterocycles. The van der Waals surface area contributed by atoms with Gasteiger partial charge in [-0.2, -0.15) is 13.2 Å². The lowest BCUT2D eigenvalue weighted by Crippen LogP contribution is -2.40. The number of nitrogens with zero attached hydrogens (tertiary/aromatic N) is 1. The largest absolute Gasteiger partial charge is 0.416 e. The predicted molar refractivity (Wildman–Crippen MR) is 89.3 cm³/mol. The molecular weight excluding hydrogens is 345 g/mol. The zero-order valence-electron chi connectivity index (χ0n) is 14.2. The Bertz CT molecular complexity index is 887. The second-order valence-corrected chi connectivity index (χ2v) is 6.72. The predicted octanol–water partition coefficient (Wildman–Crippen LogP) is 3.70. The topological polar surface area (TPSA) is 63.4 Å². The van der Waals surface area contributed by atoms with Crippen molar-refractivity contribution in [3.8, 4) is 0 Å². The first-order chi connectivity index (χ1) is 12.0. The van der Waals surface area contributed by atoms with Gasteiger partial charge >= 0.3 is 6.18 Å². The van der Waals surface area contributed by atoms with E-state index in [1.807, 2.05) is 19.9 Å². The summed E-state index contributed by atoms with van der Waals surface area (Å²) >= 11 is 0. The molecule has 0 saturated carbocycles. The van der Waals surface area contributed by atoms with Gasteiger partial charge in [-0.3, -0.25) is 9.59 Å². The van der Waals surface area contributed by atoms with E-state index in [1.54, 1.807) is 12.1 Å². The Labute approximate surface area is 148 Å². The molecule has 7 heteroatoms. The van der Waals surface area contributed by atoms with Crippen molar-refractivity contribution in [2.45, 2.75) is 32.1 Å². The molecule has 2 aromatic rings. The van der Waals surface area contributed by atoms with E-state index in [9.17, 15) is 22.8 Å². The van der Waals surface area contributed by atoms with Crippen LogP contribution in [0.3, 0.4) is 0 Å². The van der Waals surface area contributed by atoms with Gasteiger partial charge in [0.05, 0.1) is 11.1 Å². The smallest absolute Gasteiger partial charge is 0.366 e. The van der Waals surface area contributed by atoms with Gasteiger partial charge in [-0.05, 0) is 55.3 Å². The van der Waals surface area contributed by atoms with Crippen molar-refractivity contribution in [1.82, 2.24) is 4.90 Å².